The van der Waals surface area contributed by atoms with Crippen LogP contribution >= 0.6 is 7.60 Å². The van der Waals surface area contributed by atoms with Crippen LogP contribution in [0.2, 0.25) is 0 Å². The van der Waals surface area contributed by atoms with E-state index in [1.54, 1.807) is 0 Å². The van der Waals surface area contributed by atoms with Crippen molar-refractivity contribution >= 4 is 7.60 Å². The van der Waals surface area contributed by atoms with Crippen molar-refractivity contribution in [2.24, 2.45) is 0 Å². The molecule has 0 aromatic heterocycles. The van der Waals surface area contributed by atoms with Crippen molar-refractivity contribution in [3.8, 4) is 5.75 Å². The molecule has 0 fully saturated rings. The first-order chi connectivity index (χ1) is 11.0. The summed E-state index contributed by atoms with van der Waals surface area (Å²) in [5, 5.41) is 0. The molecule has 0 saturated heterocycles. The van der Waals surface area contributed by atoms with Crippen molar-refractivity contribution in [2.75, 3.05) is 12.8 Å². The van der Waals surface area contributed by atoms with E-state index in [-0.39, 0.29) is 0 Å². The minimum atomic E-state index is -3.05. The van der Waals surface area contributed by atoms with Crippen molar-refractivity contribution in [3.05, 3.63) is 29.3 Å². The summed E-state index contributed by atoms with van der Waals surface area (Å²) >= 11 is 0. The van der Waals surface area contributed by atoms with Crippen LogP contribution in [0.3, 0.4) is 0 Å². The average Bonchev–Trinajstić information content (AvgIpc) is 2.52. The Hall–Kier alpha value is -0.790. The zero-order valence-electron chi connectivity index (χ0n) is 15.3. The molecule has 0 saturated carbocycles. The molecule has 23 heavy (non-hydrogen) atoms. The van der Waals surface area contributed by atoms with Crippen LogP contribution in [-0.2, 0) is 9.09 Å². The summed E-state index contributed by atoms with van der Waals surface area (Å²) in [4.78, 5) is 0. The minimum Gasteiger partial charge on any atom is -0.424 e. The van der Waals surface area contributed by atoms with E-state index >= 15 is 0 Å². The van der Waals surface area contributed by atoms with Gasteiger partial charge < -0.3 is 4.52 Å². The van der Waals surface area contributed by atoms with Gasteiger partial charge in [-0.2, -0.15) is 0 Å². The van der Waals surface area contributed by atoms with E-state index in [0.717, 1.165) is 31.2 Å². The molecule has 3 nitrogen and oxygen atoms in total. The fourth-order valence-electron chi connectivity index (χ4n) is 2.33. The molecular formula is C19H33O3P. The molecule has 4 heteroatoms. The summed E-state index contributed by atoms with van der Waals surface area (Å²) in [6.07, 6.45) is 8.12. The third kappa shape index (κ3) is 8.04. The predicted octanol–water partition coefficient (Wildman–Crippen LogP) is 6.66. The third-order valence-electron chi connectivity index (χ3n) is 4.04. The lowest BCUT2D eigenvalue weighted by molar-refractivity contribution is 0.257. The summed E-state index contributed by atoms with van der Waals surface area (Å²) in [6, 6.07) is 5.82. The van der Waals surface area contributed by atoms with Crippen molar-refractivity contribution in [3.63, 3.8) is 0 Å². The van der Waals surface area contributed by atoms with E-state index in [9.17, 15) is 4.57 Å². The van der Waals surface area contributed by atoms with Crippen LogP contribution in [0.4, 0.5) is 0 Å². The molecule has 0 N–H and O–H groups in total. The Morgan fingerprint density at radius 3 is 2.26 bits per heavy atom. The van der Waals surface area contributed by atoms with Crippen molar-refractivity contribution in [1.82, 2.24) is 0 Å². The molecule has 1 aromatic rings. The van der Waals surface area contributed by atoms with E-state index in [2.05, 4.69) is 20.8 Å². The standard InChI is InChI=1S/C19H33O3P/c1-5-7-9-10-11-14-21-23(20,15-8-6-2)22-19-13-12-17(3)18(4)16-19/h12-13,16H,5-11,14-15H2,1-4H3. The average molecular weight is 340 g/mol. The van der Waals surface area contributed by atoms with Gasteiger partial charge in [-0.3, -0.25) is 4.52 Å². The number of hydrogen-bond acceptors (Lipinski definition) is 3. The molecular weight excluding hydrogens is 307 g/mol. The molecule has 0 aliphatic rings. The third-order valence-corrected chi connectivity index (χ3v) is 5.97. The van der Waals surface area contributed by atoms with Gasteiger partial charge in [-0.25, -0.2) is 4.57 Å². The minimum absolute atomic E-state index is 0.491. The van der Waals surface area contributed by atoms with Crippen LogP contribution in [0.1, 0.15) is 69.9 Å². The van der Waals surface area contributed by atoms with E-state index < -0.39 is 7.60 Å². The van der Waals surface area contributed by atoms with Gasteiger partial charge in [0.25, 0.3) is 0 Å². The Morgan fingerprint density at radius 2 is 1.61 bits per heavy atom. The smallest absolute Gasteiger partial charge is 0.379 e. The maximum Gasteiger partial charge on any atom is 0.379 e. The first kappa shape index (κ1) is 20.3. The summed E-state index contributed by atoms with van der Waals surface area (Å²) in [7, 11) is -3.05. The first-order valence-electron chi connectivity index (χ1n) is 9.01. The molecule has 1 atom stereocenters. The Bertz CT molecular complexity index is 499. The Kier molecular flexibility index (Phi) is 9.59. The SMILES string of the molecule is CCCCCCCOP(=O)(CCCC)Oc1ccc(C)c(C)c1. The van der Waals surface area contributed by atoms with Gasteiger partial charge in [0.05, 0.1) is 12.8 Å². The van der Waals surface area contributed by atoms with Crippen LogP contribution in [0.5, 0.6) is 5.75 Å². The molecule has 132 valence electrons. The van der Waals surface area contributed by atoms with Crippen LogP contribution in [0.15, 0.2) is 18.2 Å². The molecule has 0 radical (unpaired) electrons. The van der Waals surface area contributed by atoms with Crippen LogP contribution in [0.25, 0.3) is 0 Å². The largest absolute Gasteiger partial charge is 0.424 e. The Balaban J connectivity index is 2.58. The van der Waals surface area contributed by atoms with Gasteiger partial charge in [0.2, 0.25) is 0 Å². The number of benzene rings is 1. The van der Waals surface area contributed by atoms with Gasteiger partial charge in [-0.05, 0) is 49.9 Å². The van der Waals surface area contributed by atoms with E-state index in [0.29, 0.717) is 18.5 Å². The maximum absolute atomic E-state index is 13.0. The highest BCUT2D eigenvalue weighted by atomic mass is 31.2. The Labute approximate surface area is 142 Å². The lowest BCUT2D eigenvalue weighted by atomic mass is 10.1. The number of rotatable bonds is 12. The van der Waals surface area contributed by atoms with Gasteiger partial charge in [-0.15, -0.1) is 0 Å². The second-order valence-corrected chi connectivity index (χ2v) is 8.38. The second-order valence-electron chi connectivity index (χ2n) is 6.27. The zero-order valence-corrected chi connectivity index (χ0v) is 16.2. The van der Waals surface area contributed by atoms with Gasteiger partial charge in [-0.1, -0.05) is 52.0 Å². The first-order valence-corrected chi connectivity index (χ1v) is 10.7. The van der Waals surface area contributed by atoms with E-state index in [4.69, 9.17) is 9.05 Å². The van der Waals surface area contributed by atoms with Gasteiger partial charge in [0.15, 0.2) is 0 Å². The van der Waals surface area contributed by atoms with E-state index in [1.807, 2.05) is 25.1 Å². The van der Waals surface area contributed by atoms with Crippen LogP contribution in [0, 0.1) is 13.8 Å². The molecule has 1 unspecified atom stereocenters. The number of hydrogen-bond donors (Lipinski definition) is 0. The topological polar surface area (TPSA) is 35.5 Å². The lowest BCUT2D eigenvalue weighted by Crippen LogP contribution is -2.04. The molecule has 1 aromatic carbocycles. The van der Waals surface area contributed by atoms with Crippen molar-refractivity contribution in [1.29, 1.82) is 0 Å². The molecule has 0 heterocycles. The van der Waals surface area contributed by atoms with Crippen LogP contribution in [-0.4, -0.2) is 12.8 Å². The number of aryl methyl sites for hydroxylation is 2. The van der Waals surface area contributed by atoms with Crippen molar-refractivity contribution in [2.45, 2.75) is 72.6 Å². The molecule has 0 aliphatic carbocycles. The summed E-state index contributed by atoms with van der Waals surface area (Å²) in [5.41, 5.74) is 2.35. The highest BCUT2D eigenvalue weighted by molar-refractivity contribution is 7.54. The fraction of sp³-hybridized carbons (Fsp3) is 0.684. The van der Waals surface area contributed by atoms with Crippen molar-refractivity contribution < 1.29 is 13.6 Å². The lowest BCUT2D eigenvalue weighted by Gasteiger charge is -2.20. The van der Waals surface area contributed by atoms with Gasteiger partial charge in [0.1, 0.15) is 5.75 Å². The molecule has 0 amide bonds. The maximum atomic E-state index is 13.0. The van der Waals surface area contributed by atoms with Gasteiger partial charge in [0, 0.05) is 0 Å². The second kappa shape index (κ2) is 10.9. The highest BCUT2D eigenvalue weighted by Gasteiger charge is 2.25. The van der Waals surface area contributed by atoms with E-state index in [1.165, 1.54) is 24.8 Å². The predicted molar refractivity (Wildman–Crippen MR) is 98.6 cm³/mol. The Morgan fingerprint density at radius 1 is 0.913 bits per heavy atom. The molecule has 0 spiro atoms. The fourth-order valence-corrected chi connectivity index (χ4v) is 4.15. The highest BCUT2D eigenvalue weighted by Crippen LogP contribution is 2.49. The summed E-state index contributed by atoms with van der Waals surface area (Å²) < 4.78 is 24.5. The number of unbranched alkanes of at least 4 members (excludes halogenated alkanes) is 5. The summed E-state index contributed by atoms with van der Waals surface area (Å²) in [6.45, 7) is 8.91. The zero-order chi connectivity index (χ0) is 17.1. The van der Waals surface area contributed by atoms with Crippen LogP contribution < -0.4 is 4.52 Å². The van der Waals surface area contributed by atoms with Gasteiger partial charge >= 0.3 is 7.60 Å². The molecule has 0 bridgehead atoms. The summed E-state index contributed by atoms with van der Waals surface area (Å²) in [5.74, 6) is 0.651. The monoisotopic (exact) mass is 340 g/mol. The molecule has 0 aliphatic heterocycles. The quantitative estimate of drug-likeness (QED) is 0.315. The normalized spacial score (nSPS) is 13.7. The molecule has 1 rings (SSSR count).